The number of nitrogens with zero attached hydrogens (tertiary/aromatic N) is 2. The molecule has 0 aliphatic carbocycles. The van der Waals surface area contributed by atoms with E-state index < -0.39 is 17.6 Å². The fourth-order valence-electron chi connectivity index (χ4n) is 2.27. The van der Waals surface area contributed by atoms with E-state index in [4.69, 9.17) is 16.0 Å². The number of carbonyl (C=O) groups excluding carboxylic acids is 1. The minimum atomic E-state index is -4.51. The molecule has 0 bridgehead atoms. The Kier molecular flexibility index (Phi) is 5.52. The number of halogens is 4. The second kappa shape index (κ2) is 7.69. The van der Waals surface area contributed by atoms with Crippen molar-refractivity contribution in [2.24, 2.45) is 0 Å². The molecule has 5 nitrogen and oxygen atoms in total. The van der Waals surface area contributed by atoms with Crippen molar-refractivity contribution in [2.45, 2.75) is 25.9 Å². The summed E-state index contributed by atoms with van der Waals surface area (Å²) in [6, 6.07) is 5.64. The Bertz CT molecular complexity index is 968. The molecule has 0 fully saturated rings. The van der Waals surface area contributed by atoms with Crippen LogP contribution in [-0.4, -0.2) is 16.1 Å². The first-order valence-corrected chi connectivity index (χ1v) is 9.08. The third-order valence-corrected chi connectivity index (χ3v) is 4.77. The van der Waals surface area contributed by atoms with Crippen molar-refractivity contribution in [1.82, 2.24) is 10.2 Å². The SMILES string of the molecule is CCCc1nnc(NC(=O)c2ccc(-c3cc(C(F)(F)F)ccc3Cl)o2)s1. The van der Waals surface area contributed by atoms with E-state index in [1.165, 1.54) is 23.5 Å². The number of nitrogens with one attached hydrogen (secondary N) is 1. The molecule has 0 saturated carbocycles. The van der Waals surface area contributed by atoms with Crippen molar-refractivity contribution >= 4 is 34.0 Å². The van der Waals surface area contributed by atoms with Crippen LogP contribution >= 0.6 is 22.9 Å². The highest BCUT2D eigenvalue weighted by molar-refractivity contribution is 7.15. The number of anilines is 1. The van der Waals surface area contributed by atoms with Gasteiger partial charge in [0.15, 0.2) is 5.76 Å². The highest BCUT2D eigenvalue weighted by Crippen LogP contribution is 2.36. The van der Waals surface area contributed by atoms with Gasteiger partial charge in [0, 0.05) is 12.0 Å². The molecule has 27 heavy (non-hydrogen) atoms. The maximum Gasteiger partial charge on any atom is 0.416 e. The van der Waals surface area contributed by atoms with Gasteiger partial charge in [0.05, 0.1) is 10.6 Å². The lowest BCUT2D eigenvalue weighted by Gasteiger charge is -2.09. The summed E-state index contributed by atoms with van der Waals surface area (Å²) in [6.45, 7) is 2.00. The largest absolute Gasteiger partial charge is 0.451 e. The van der Waals surface area contributed by atoms with Crippen LogP contribution in [0.25, 0.3) is 11.3 Å². The molecule has 10 heteroatoms. The lowest BCUT2D eigenvalue weighted by molar-refractivity contribution is -0.137. The molecule has 3 rings (SSSR count). The Labute approximate surface area is 161 Å². The predicted molar refractivity (Wildman–Crippen MR) is 96.0 cm³/mol. The zero-order chi connectivity index (χ0) is 19.6. The van der Waals surface area contributed by atoms with Crippen molar-refractivity contribution < 1.29 is 22.4 Å². The zero-order valence-electron chi connectivity index (χ0n) is 13.9. The maximum atomic E-state index is 12.9. The monoisotopic (exact) mass is 415 g/mol. The Morgan fingerprint density at radius 1 is 1.26 bits per heavy atom. The van der Waals surface area contributed by atoms with Gasteiger partial charge in [-0.25, -0.2) is 0 Å². The molecule has 0 spiro atoms. The van der Waals surface area contributed by atoms with Crippen molar-refractivity contribution in [2.75, 3.05) is 5.32 Å². The minimum absolute atomic E-state index is 0.0479. The Morgan fingerprint density at radius 2 is 2.04 bits per heavy atom. The average Bonchev–Trinajstić information content (AvgIpc) is 3.24. The number of hydrogen-bond donors (Lipinski definition) is 1. The summed E-state index contributed by atoms with van der Waals surface area (Å²) in [5, 5.41) is 11.6. The van der Waals surface area contributed by atoms with Crippen LogP contribution in [0.4, 0.5) is 18.3 Å². The summed E-state index contributed by atoms with van der Waals surface area (Å²) >= 11 is 7.24. The summed E-state index contributed by atoms with van der Waals surface area (Å²) in [5.74, 6) is -0.602. The highest BCUT2D eigenvalue weighted by Gasteiger charge is 2.31. The number of aryl methyl sites for hydroxylation is 1. The fourth-order valence-corrected chi connectivity index (χ4v) is 3.32. The van der Waals surface area contributed by atoms with E-state index in [0.717, 1.165) is 36.0 Å². The molecular weight excluding hydrogens is 403 g/mol. The molecule has 142 valence electrons. The summed E-state index contributed by atoms with van der Waals surface area (Å²) in [6.07, 6.45) is -2.85. The summed E-state index contributed by atoms with van der Waals surface area (Å²) in [7, 11) is 0. The Morgan fingerprint density at radius 3 is 2.74 bits per heavy atom. The van der Waals surface area contributed by atoms with Gasteiger partial charge < -0.3 is 4.42 Å². The number of carbonyl (C=O) groups is 1. The molecule has 2 aromatic heterocycles. The number of amides is 1. The predicted octanol–water partition coefficient (Wildman–Crippen LogP) is 5.68. The quantitative estimate of drug-likeness (QED) is 0.582. The normalized spacial score (nSPS) is 11.6. The minimum Gasteiger partial charge on any atom is -0.451 e. The third kappa shape index (κ3) is 4.48. The molecule has 0 radical (unpaired) electrons. The van der Waals surface area contributed by atoms with Crippen LogP contribution in [0.3, 0.4) is 0 Å². The van der Waals surface area contributed by atoms with E-state index in [1.54, 1.807) is 0 Å². The van der Waals surface area contributed by atoms with Gasteiger partial charge in [-0.15, -0.1) is 10.2 Å². The van der Waals surface area contributed by atoms with Crippen LogP contribution < -0.4 is 5.32 Å². The molecule has 1 amide bonds. The van der Waals surface area contributed by atoms with E-state index in [-0.39, 0.29) is 22.1 Å². The number of benzene rings is 1. The van der Waals surface area contributed by atoms with Crippen LogP contribution in [0, 0.1) is 0 Å². The lowest BCUT2D eigenvalue weighted by atomic mass is 10.1. The topological polar surface area (TPSA) is 68.0 Å². The second-order valence-electron chi connectivity index (χ2n) is 5.56. The van der Waals surface area contributed by atoms with E-state index in [2.05, 4.69) is 15.5 Å². The molecule has 0 unspecified atom stereocenters. The summed E-state index contributed by atoms with van der Waals surface area (Å²) in [4.78, 5) is 12.3. The number of furan rings is 1. The number of alkyl halides is 3. The van der Waals surface area contributed by atoms with E-state index in [0.29, 0.717) is 5.13 Å². The molecule has 0 saturated heterocycles. The van der Waals surface area contributed by atoms with Gasteiger partial charge in [0.2, 0.25) is 5.13 Å². The molecular formula is C17H13ClF3N3O2S. The van der Waals surface area contributed by atoms with Gasteiger partial charge in [-0.3, -0.25) is 10.1 Å². The third-order valence-electron chi connectivity index (χ3n) is 3.54. The van der Waals surface area contributed by atoms with Gasteiger partial charge in [0.1, 0.15) is 10.8 Å². The standard InChI is InChI=1S/C17H13ClF3N3O2S/c1-2-3-14-23-24-16(27-14)22-15(25)13-7-6-12(26-13)10-8-9(17(19,20)21)4-5-11(10)18/h4-8H,2-3H2,1H3,(H,22,24,25). The van der Waals surface area contributed by atoms with Gasteiger partial charge in [-0.1, -0.05) is 29.9 Å². The molecule has 3 aromatic rings. The van der Waals surface area contributed by atoms with E-state index in [1.807, 2.05) is 6.92 Å². The first-order chi connectivity index (χ1) is 12.8. The molecule has 0 atom stereocenters. The molecule has 0 aliphatic heterocycles. The fraction of sp³-hybridized carbons (Fsp3) is 0.235. The van der Waals surface area contributed by atoms with Crippen molar-refractivity contribution in [3.63, 3.8) is 0 Å². The molecule has 2 heterocycles. The summed E-state index contributed by atoms with van der Waals surface area (Å²) < 4.78 is 44.1. The van der Waals surface area contributed by atoms with Crippen molar-refractivity contribution in [3.8, 4) is 11.3 Å². The zero-order valence-corrected chi connectivity index (χ0v) is 15.5. The Hall–Kier alpha value is -2.39. The van der Waals surface area contributed by atoms with E-state index in [9.17, 15) is 18.0 Å². The van der Waals surface area contributed by atoms with Crippen molar-refractivity contribution in [1.29, 1.82) is 0 Å². The number of hydrogen-bond acceptors (Lipinski definition) is 5. The number of aromatic nitrogens is 2. The van der Waals surface area contributed by atoms with Crippen LogP contribution in [0.15, 0.2) is 34.7 Å². The number of rotatable bonds is 5. The maximum absolute atomic E-state index is 12.9. The van der Waals surface area contributed by atoms with Gasteiger partial charge in [0.25, 0.3) is 5.91 Å². The van der Waals surface area contributed by atoms with Gasteiger partial charge >= 0.3 is 6.18 Å². The van der Waals surface area contributed by atoms with Gasteiger partial charge in [-0.2, -0.15) is 13.2 Å². The summed E-state index contributed by atoms with van der Waals surface area (Å²) in [5.41, 5.74) is -0.812. The first-order valence-electron chi connectivity index (χ1n) is 7.88. The van der Waals surface area contributed by atoms with Crippen LogP contribution in [-0.2, 0) is 12.6 Å². The highest BCUT2D eigenvalue weighted by atomic mass is 35.5. The Balaban J connectivity index is 1.81. The molecule has 1 aromatic carbocycles. The van der Waals surface area contributed by atoms with Crippen LogP contribution in [0.1, 0.15) is 34.5 Å². The van der Waals surface area contributed by atoms with Gasteiger partial charge in [-0.05, 0) is 36.8 Å². The van der Waals surface area contributed by atoms with Crippen molar-refractivity contribution in [3.05, 3.63) is 51.7 Å². The average molecular weight is 416 g/mol. The lowest BCUT2D eigenvalue weighted by Crippen LogP contribution is -2.10. The first kappa shape index (κ1) is 19.4. The van der Waals surface area contributed by atoms with Crippen LogP contribution in [0.2, 0.25) is 5.02 Å². The smallest absolute Gasteiger partial charge is 0.416 e. The van der Waals surface area contributed by atoms with E-state index >= 15 is 0 Å². The molecule has 1 N–H and O–H groups in total. The second-order valence-corrected chi connectivity index (χ2v) is 7.03. The molecule has 0 aliphatic rings. The van der Waals surface area contributed by atoms with Crippen LogP contribution in [0.5, 0.6) is 0 Å².